The lowest BCUT2D eigenvalue weighted by Crippen LogP contribution is -2.17. The summed E-state index contributed by atoms with van der Waals surface area (Å²) in [6.07, 6.45) is 2.20. The number of ether oxygens (including phenoxy) is 1. The van der Waals surface area contributed by atoms with Crippen LogP contribution in [0.1, 0.15) is 34.0 Å². The minimum atomic E-state index is -0.0713. The van der Waals surface area contributed by atoms with Crippen molar-refractivity contribution in [2.24, 2.45) is 5.73 Å². The summed E-state index contributed by atoms with van der Waals surface area (Å²) in [7, 11) is 0. The molecule has 1 aliphatic heterocycles. The smallest absolute Gasteiger partial charge is 0.127 e. The molecule has 1 aromatic carbocycles. The van der Waals surface area contributed by atoms with Crippen LogP contribution < -0.4 is 10.5 Å². The number of fused-ring (bicyclic) bond motifs is 1. The summed E-state index contributed by atoms with van der Waals surface area (Å²) in [5.74, 6) is 1.02. The summed E-state index contributed by atoms with van der Waals surface area (Å²) in [6.45, 7) is 2.92. The van der Waals surface area contributed by atoms with Crippen LogP contribution in [-0.4, -0.2) is 6.61 Å². The van der Waals surface area contributed by atoms with Crippen LogP contribution in [-0.2, 0) is 6.42 Å². The van der Waals surface area contributed by atoms with Crippen LogP contribution in [0.4, 0.5) is 0 Å². The van der Waals surface area contributed by atoms with E-state index in [1.807, 2.05) is 0 Å². The predicted octanol–water partition coefficient (Wildman–Crippen LogP) is 3.43. The van der Waals surface area contributed by atoms with Crippen molar-refractivity contribution in [2.45, 2.75) is 25.8 Å². The van der Waals surface area contributed by atoms with Crippen LogP contribution in [0.3, 0.4) is 0 Å². The number of benzene rings is 1. The van der Waals surface area contributed by atoms with Gasteiger partial charge in [0.15, 0.2) is 0 Å². The highest BCUT2D eigenvalue weighted by Crippen LogP contribution is 2.36. The second kappa shape index (κ2) is 4.75. The molecule has 1 unspecified atom stereocenters. The Morgan fingerprint density at radius 2 is 2.22 bits per heavy atom. The van der Waals surface area contributed by atoms with E-state index in [-0.39, 0.29) is 6.04 Å². The Balaban J connectivity index is 2.04. The van der Waals surface area contributed by atoms with E-state index in [0.29, 0.717) is 0 Å². The van der Waals surface area contributed by atoms with Crippen molar-refractivity contribution in [1.29, 1.82) is 0 Å². The maximum atomic E-state index is 6.42. The molecule has 0 aliphatic carbocycles. The molecular weight excluding hydrogens is 242 g/mol. The van der Waals surface area contributed by atoms with Crippen molar-refractivity contribution >= 4 is 11.3 Å². The third kappa shape index (κ3) is 1.93. The van der Waals surface area contributed by atoms with E-state index in [0.717, 1.165) is 30.8 Å². The first-order chi connectivity index (χ1) is 8.77. The van der Waals surface area contributed by atoms with Gasteiger partial charge in [-0.05, 0) is 42.3 Å². The normalized spacial score (nSPS) is 15.9. The molecule has 0 radical (unpaired) electrons. The molecule has 1 aliphatic rings. The Bertz CT molecular complexity index is 561. The minimum Gasteiger partial charge on any atom is -0.493 e. The Morgan fingerprint density at radius 1 is 1.33 bits per heavy atom. The Kier molecular flexibility index (Phi) is 3.10. The van der Waals surface area contributed by atoms with Gasteiger partial charge in [-0.15, -0.1) is 11.3 Å². The van der Waals surface area contributed by atoms with Gasteiger partial charge in [0, 0.05) is 10.4 Å². The zero-order chi connectivity index (χ0) is 12.5. The van der Waals surface area contributed by atoms with Gasteiger partial charge in [-0.25, -0.2) is 0 Å². The molecule has 2 heterocycles. The number of hydrogen-bond acceptors (Lipinski definition) is 3. The van der Waals surface area contributed by atoms with E-state index in [9.17, 15) is 0 Å². The lowest BCUT2D eigenvalue weighted by Gasteiger charge is -2.23. The molecule has 3 rings (SSSR count). The number of aryl methyl sites for hydroxylation is 2. The van der Waals surface area contributed by atoms with Crippen molar-refractivity contribution in [3.8, 4) is 5.75 Å². The van der Waals surface area contributed by atoms with Gasteiger partial charge in [-0.2, -0.15) is 0 Å². The molecule has 0 amide bonds. The van der Waals surface area contributed by atoms with Crippen molar-refractivity contribution in [3.63, 3.8) is 0 Å². The summed E-state index contributed by atoms with van der Waals surface area (Å²) in [6, 6.07) is 8.37. The SMILES string of the molecule is Cc1ccsc1C(N)c1cccc2c1OCCC2. The van der Waals surface area contributed by atoms with Gasteiger partial charge in [0.1, 0.15) is 5.75 Å². The quantitative estimate of drug-likeness (QED) is 0.896. The van der Waals surface area contributed by atoms with E-state index < -0.39 is 0 Å². The van der Waals surface area contributed by atoms with E-state index in [1.54, 1.807) is 11.3 Å². The van der Waals surface area contributed by atoms with Crippen LogP contribution in [0.25, 0.3) is 0 Å². The molecule has 1 aromatic heterocycles. The van der Waals surface area contributed by atoms with Gasteiger partial charge in [-0.1, -0.05) is 18.2 Å². The molecule has 0 saturated heterocycles. The minimum absolute atomic E-state index is 0.0713. The van der Waals surface area contributed by atoms with Gasteiger partial charge in [0.2, 0.25) is 0 Å². The third-order valence-electron chi connectivity index (χ3n) is 3.48. The monoisotopic (exact) mass is 259 g/mol. The van der Waals surface area contributed by atoms with Crippen molar-refractivity contribution in [2.75, 3.05) is 6.61 Å². The van der Waals surface area contributed by atoms with Gasteiger partial charge in [0.25, 0.3) is 0 Å². The number of hydrogen-bond donors (Lipinski definition) is 1. The van der Waals surface area contributed by atoms with Gasteiger partial charge in [-0.3, -0.25) is 0 Å². The van der Waals surface area contributed by atoms with E-state index in [4.69, 9.17) is 10.5 Å². The number of nitrogens with two attached hydrogens (primary N) is 1. The lowest BCUT2D eigenvalue weighted by molar-refractivity contribution is 0.284. The van der Waals surface area contributed by atoms with Crippen LogP contribution in [0, 0.1) is 6.92 Å². The summed E-state index contributed by atoms with van der Waals surface area (Å²) in [5, 5.41) is 2.10. The Hall–Kier alpha value is -1.32. The standard InChI is InChI=1S/C15H17NOS/c1-10-7-9-18-15(10)13(16)12-6-2-4-11-5-3-8-17-14(11)12/h2,4,6-7,9,13H,3,5,8,16H2,1H3. The van der Waals surface area contributed by atoms with Crippen molar-refractivity contribution in [1.82, 2.24) is 0 Å². The molecular formula is C15H17NOS. The zero-order valence-electron chi connectivity index (χ0n) is 10.5. The lowest BCUT2D eigenvalue weighted by atomic mass is 9.97. The molecule has 0 fully saturated rings. The van der Waals surface area contributed by atoms with E-state index in [1.165, 1.54) is 16.0 Å². The summed E-state index contributed by atoms with van der Waals surface area (Å²) < 4.78 is 5.84. The first-order valence-corrected chi connectivity index (χ1v) is 7.19. The molecule has 0 spiro atoms. The topological polar surface area (TPSA) is 35.2 Å². The fourth-order valence-electron chi connectivity index (χ4n) is 2.50. The third-order valence-corrected chi connectivity index (χ3v) is 4.59. The van der Waals surface area contributed by atoms with Gasteiger partial charge < -0.3 is 10.5 Å². The number of para-hydroxylation sites is 1. The summed E-state index contributed by atoms with van der Waals surface area (Å²) in [5.41, 5.74) is 10.1. The fourth-order valence-corrected chi connectivity index (χ4v) is 3.45. The number of rotatable bonds is 2. The Morgan fingerprint density at radius 3 is 3.00 bits per heavy atom. The average molecular weight is 259 g/mol. The Labute approximate surface area is 111 Å². The molecule has 1 atom stereocenters. The molecule has 18 heavy (non-hydrogen) atoms. The second-order valence-electron chi connectivity index (χ2n) is 4.73. The zero-order valence-corrected chi connectivity index (χ0v) is 11.3. The fraction of sp³-hybridized carbons (Fsp3) is 0.333. The highest BCUT2D eigenvalue weighted by Gasteiger charge is 2.21. The second-order valence-corrected chi connectivity index (χ2v) is 5.68. The molecule has 0 bridgehead atoms. The molecule has 2 N–H and O–H groups in total. The molecule has 3 heteroatoms. The van der Waals surface area contributed by atoms with Gasteiger partial charge >= 0.3 is 0 Å². The first-order valence-electron chi connectivity index (χ1n) is 6.31. The van der Waals surface area contributed by atoms with Crippen molar-refractivity contribution in [3.05, 3.63) is 51.2 Å². The van der Waals surface area contributed by atoms with E-state index >= 15 is 0 Å². The highest BCUT2D eigenvalue weighted by molar-refractivity contribution is 7.10. The predicted molar refractivity (Wildman–Crippen MR) is 75.3 cm³/mol. The maximum absolute atomic E-state index is 6.42. The molecule has 0 saturated carbocycles. The largest absolute Gasteiger partial charge is 0.493 e. The van der Waals surface area contributed by atoms with Crippen LogP contribution in [0.5, 0.6) is 5.75 Å². The van der Waals surface area contributed by atoms with Crippen LogP contribution in [0.15, 0.2) is 29.6 Å². The molecule has 2 nitrogen and oxygen atoms in total. The van der Waals surface area contributed by atoms with E-state index in [2.05, 4.69) is 36.6 Å². The highest BCUT2D eigenvalue weighted by atomic mass is 32.1. The molecule has 94 valence electrons. The van der Waals surface area contributed by atoms with Gasteiger partial charge in [0.05, 0.1) is 12.6 Å². The maximum Gasteiger partial charge on any atom is 0.127 e. The first kappa shape index (κ1) is 11.8. The number of thiophene rings is 1. The summed E-state index contributed by atoms with van der Waals surface area (Å²) in [4.78, 5) is 1.23. The average Bonchev–Trinajstić information content (AvgIpc) is 2.83. The van der Waals surface area contributed by atoms with Crippen LogP contribution in [0.2, 0.25) is 0 Å². The van der Waals surface area contributed by atoms with Crippen LogP contribution >= 0.6 is 11.3 Å². The molecule has 2 aromatic rings. The van der Waals surface area contributed by atoms with Crippen molar-refractivity contribution < 1.29 is 4.74 Å². The summed E-state index contributed by atoms with van der Waals surface area (Å²) >= 11 is 1.72.